The Kier molecular flexibility index (Phi) is 3.78. The number of rotatable bonds is 3. The molecule has 2 heterocycles. The number of benzene rings is 1. The number of halogens is 1. The van der Waals surface area contributed by atoms with Gasteiger partial charge in [-0.25, -0.2) is 4.79 Å². The van der Waals surface area contributed by atoms with Crippen LogP contribution in [0.1, 0.15) is 26.4 Å². The molecule has 1 aliphatic heterocycles. The van der Waals surface area contributed by atoms with Crippen molar-refractivity contribution in [3.05, 3.63) is 56.2 Å². The van der Waals surface area contributed by atoms with Crippen molar-refractivity contribution >= 4 is 28.9 Å². The first-order valence-corrected chi connectivity index (χ1v) is 7.68. The Balaban J connectivity index is 1.74. The molecule has 0 fully saturated rings. The van der Waals surface area contributed by atoms with E-state index in [9.17, 15) is 4.79 Å². The summed E-state index contributed by atoms with van der Waals surface area (Å²) < 4.78 is 0. The van der Waals surface area contributed by atoms with Crippen LogP contribution in [0.25, 0.3) is 0 Å². The lowest BCUT2D eigenvalue weighted by Gasteiger charge is -2.27. The first kappa shape index (κ1) is 13.6. The van der Waals surface area contributed by atoms with Crippen molar-refractivity contribution < 1.29 is 9.90 Å². The van der Waals surface area contributed by atoms with Gasteiger partial charge in [-0.05, 0) is 41.1 Å². The van der Waals surface area contributed by atoms with Crippen LogP contribution in [0, 0.1) is 0 Å². The zero-order valence-electron chi connectivity index (χ0n) is 10.8. The highest BCUT2D eigenvalue weighted by molar-refractivity contribution is 7.10. The number of carboxylic acid groups (broad SMARTS) is 1. The van der Waals surface area contributed by atoms with E-state index in [-0.39, 0.29) is 5.56 Å². The van der Waals surface area contributed by atoms with E-state index in [1.54, 1.807) is 6.07 Å². The summed E-state index contributed by atoms with van der Waals surface area (Å²) in [5.41, 5.74) is 2.62. The van der Waals surface area contributed by atoms with E-state index in [0.717, 1.165) is 31.6 Å². The molecule has 0 unspecified atom stereocenters. The van der Waals surface area contributed by atoms with E-state index in [4.69, 9.17) is 16.7 Å². The maximum atomic E-state index is 10.9. The Morgan fingerprint density at radius 3 is 3.00 bits per heavy atom. The van der Waals surface area contributed by atoms with Crippen LogP contribution in [0.2, 0.25) is 5.02 Å². The molecule has 1 aromatic carbocycles. The average molecular weight is 308 g/mol. The Morgan fingerprint density at radius 2 is 2.25 bits per heavy atom. The van der Waals surface area contributed by atoms with Crippen LogP contribution in [0.4, 0.5) is 0 Å². The van der Waals surface area contributed by atoms with Crippen LogP contribution >= 0.6 is 22.9 Å². The monoisotopic (exact) mass is 307 g/mol. The zero-order chi connectivity index (χ0) is 14.1. The van der Waals surface area contributed by atoms with Gasteiger partial charge in [-0.1, -0.05) is 17.7 Å². The maximum Gasteiger partial charge on any atom is 0.335 e. The second-order valence-electron chi connectivity index (χ2n) is 4.94. The highest BCUT2D eigenvalue weighted by Gasteiger charge is 2.18. The minimum absolute atomic E-state index is 0.234. The molecular formula is C15H14ClNO2S. The minimum Gasteiger partial charge on any atom is -0.478 e. The molecule has 1 N–H and O–H groups in total. The fourth-order valence-electron chi connectivity index (χ4n) is 2.49. The highest BCUT2D eigenvalue weighted by atomic mass is 35.5. The van der Waals surface area contributed by atoms with Crippen LogP contribution in [0.15, 0.2) is 29.6 Å². The predicted octanol–water partition coefficient (Wildman–Crippen LogP) is 3.66. The number of hydrogen-bond acceptors (Lipinski definition) is 3. The lowest BCUT2D eigenvalue weighted by atomic mass is 10.1. The van der Waals surface area contributed by atoms with Crippen molar-refractivity contribution in [3.8, 4) is 0 Å². The van der Waals surface area contributed by atoms with Gasteiger partial charge in [-0.15, -0.1) is 11.3 Å². The summed E-state index contributed by atoms with van der Waals surface area (Å²) >= 11 is 8.01. The Hall–Kier alpha value is -1.36. The summed E-state index contributed by atoms with van der Waals surface area (Å²) in [4.78, 5) is 14.7. The Morgan fingerprint density at radius 1 is 1.40 bits per heavy atom. The molecule has 1 aliphatic rings. The van der Waals surface area contributed by atoms with E-state index >= 15 is 0 Å². The highest BCUT2D eigenvalue weighted by Crippen LogP contribution is 2.26. The first-order valence-electron chi connectivity index (χ1n) is 6.43. The van der Waals surface area contributed by atoms with E-state index < -0.39 is 5.97 Å². The second-order valence-corrected chi connectivity index (χ2v) is 6.35. The van der Waals surface area contributed by atoms with Gasteiger partial charge < -0.3 is 5.11 Å². The van der Waals surface area contributed by atoms with Crippen molar-refractivity contribution in [2.45, 2.75) is 19.5 Å². The largest absolute Gasteiger partial charge is 0.478 e. The number of fused-ring (bicyclic) bond motifs is 1. The van der Waals surface area contributed by atoms with Gasteiger partial charge in [0.25, 0.3) is 0 Å². The molecule has 0 saturated heterocycles. The maximum absolute atomic E-state index is 10.9. The summed E-state index contributed by atoms with van der Waals surface area (Å²) in [7, 11) is 0. The van der Waals surface area contributed by atoms with Gasteiger partial charge in [-0.2, -0.15) is 0 Å². The molecule has 20 heavy (non-hydrogen) atoms. The number of thiophene rings is 1. The Labute approximate surface area is 126 Å². The van der Waals surface area contributed by atoms with Crippen LogP contribution in [-0.2, 0) is 19.5 Å². The van der Waals surface area contributed by atoms with E-state index in [1.807, 2.05) is 17.4 Å². The Bertz CT molecular complexity index is 653. The van der Waals surface area contributed by atoms with E-state index in [1.165, 1.54) is 16.5 Å². The van der Waals surface area contributed by atoms with Gasteiger partial charge in [0.2, 0.25) is 0 Å². The fraction of sp³-hybridized carbons (Fsp3) is 0.267. The summed E-state index contributed by atoms with van der Waals surface area (Å²) in [6, 6.07) is 7.14. The summed E-state index contributed by atoms with van der Waals surface area (Å²) in [6.45, 7) is 2.72. The summed E-state index contributed by atoms with van der Waals surface area (Å²) in [5, 5.41) is 11.6. The third-order valence-corrected chi connectivity index (χ3v) is 4.96. The van der Waals surface area contributed by atoms with Crippen LogP contribution in [0.3, 0.4) is 0 Å². The van der Waals surface area contributed by atoms with Crippen molar-refractivity contribution in [1.82, 2.24) is 4.90 Å². The topological polar surface area (TPSA) is 40.5 Å². The standard InChI is InChI=1S/C15H14ClNO2S/c16-13-7-10(15(18)19)1-2-11(13)8-17-5-3-14-12(9-17)4-6-20-14/h1-2,4,6-7H,3,5,8-9H2,(H,18,19). The molecule has 104 valence electrons. The number of nitrogens with zero attached hydrogens (tertiary/aromatic N) is 1. The molecular weight excluding hydrogens is 294 g/mol. The normalized spacial score (nSPS) is 15.1. The predicted molar refractivity (Wildman–Crippen MR) is 80.5 cm³/mol. The second kappa shape index (κ2) is 5.56. The van der Waals surface area contributed by atoms with Crippen molar-refractivity contribution in [2.75, 3.05) is 6.54 Å². The minimum atomic E-state index is -0.945. The lowest BCUT2D eigenvalue weighted by Crippen LogP contribution is -2.29. The van der Waals surface area contributed by atoms with Gasteiger partial charge >= 0.3 is 5.97 Å². The van der Waals surface area contributed by atoms with Crippen molar-refractivity contribution in [2.24, 2.45) is 0 Å². The molecule has 5 heteroatoms. The molecule has 0 saturated carbocycles. The quantitative estimate of drug-likeness (QED) is 0.941. The van der Waals surface area contributed by atoms with Gasteiger partial charge in [-0.3, -0.25) is 4.90 Å². The number of aromatic carboxylic acids is 1. The van der Waals surface area contributed by atoms with Gasteiger partial charge in [0, 0.05) is 29.5 Å². The van der Waals surface area contributed by atoms with E-state index in [0.29, 0.717) is 5.02 Å². The van der Waals surface area contributed by atoms with Gasteiger partial charge in [0.15, 0.2) is 0 Å². The lowest BCUT2D eigenvalue weighted by molar-refractivity contribution is 0.0697. The van der Waals surface area contributed by atoms with Crippen LogP contribution < -0.4 is 0 Å². The number of carbonyl (C=O) groups is 1. The molecule has 0 atom stereocenters. The molecule has 0 spiro atoms. The van der Waals surface area contributed by atoms with Gasteiger partial charge in [0.05, 0.1) is 5.56 Å². The van der Waals surface area contributed by atoms with Crippen LogP contribution in [-0.4, -0.2) is 22.5 Å². The molecule has 0 aliphatic carbocycles. The first-order chi connectivity index (χ1) is 9.63. The number of hydrogen-bond donors (Lipinski definition) is 1. The molecule has 3 nitrogen and oxygen atoms in total. The summed E-state index contributed by atoms with van der Waals surface area (Å²) in [6.07, 6.45) is 1.08. The molecule has 0 bridgehead atoms. The van der Waals surface area contributed by atoms with Crippen LogP contribution in [0.5, 0.6) is 0 Å². The fourth-order valence-corrected chi connectivity index (χ4v) is 3.62. The van der Waals surface area contributed by atoms with Crippen molar-refractivity contribution in [3.63, 3.8) is 0 Å². The zero-order valence-corrected chi connectivity index (χ0v) is 12.4. The molecule has 0 amide bonds. The molecule has 2 aromatic rings. The molecule has 3 rings (SSSR count). The summed E-state index contributed by atoms with van der Waals surface area (Å²) in [5.74, 6) is -0.945. The van der Waals surface area contributed by atoms with Crippen molar-refractivity contribution in [1.29, 1.82) is 0 Å². The SMILES string of the molecule is O=C(O)c1ccc(CN2CCc3sccc3C2)c(Cl)c1. The molecule has 1 aromatic heterocycles. The van der Waals surface area contributed by atoms with Gasteiger partial charge in [0.1, 0.15) is 0 Å². The molecule has 0 radical (unpaired) electrons. The number of carboxylic acids is 1. The van der Waals surface area contributed by atoms with E-state index in [2.05, 4.69) is 16.3 Å². The average Bonchev–Trinajstić information content (AvgIpc) is 2.88. The third-order valence-electron chi connectivity index (χ3n) is 3.58. The smallest absolute Gasteiger partial charge is 0.335 e. The third kappa shape index (κ3) is 2.73.